The first kappa shape index (κ1) is 71.5. The number of rotatable bonds is 52. The van der Waals surface area contributed by atoms with Crippen molar-refractivity contribution in [1.82, 2.24) is 0 Å². The molecule has 6 nitrogen and oxygen atoms in total. The summed E-state index contributed by atoms with van der Waals surface area (Å²) < 4.78 is 16.8. The van der Waals surface area contributed by atoms with Gasteiger partial charge in [-0.1, -0.05) is 242 Å². The number of carbonyl (C=O) groups is 3. The Morgan fingerprint density at radius 2 is 0.519 bits per heavy atom. The molecule has 0 radical (unpaired) electrons. The number of carbonyl (C=O) groups excluding carboxylic acids is 3. The Morgan fingerprint density at radius 3 is 0.831 bits per heavy atom. The van der Waals surface area contributed by atoms with Gasteiger partial charge in [-0.25, -0.2) is 0 Å². The molecular weight excluding hydrogens is 949 g/mol. The standard InChI is InChI=1S/C71H108O6/c1-4-7-10-13-16-19-22-25-28-31-33-34-35-36-38-40-43-46-49-52-55-58-61-64-70(73)76-67-68(66-75-69(72)63-60-57-54-51-48-45-42-39-30-27-24-21-18-15-12-9-6-3)77-71(74)65-62-59-56-53-50-47-44-41-37-32-29-26-23-20-17-14-11-8-5-2/h7,9-10,12,16-21,25-30,33-34,36-38,41-43,45-46,51-52,54-55,68H,4-6,8,11,13-15,22-24,31-32,35,39-40,44,47-50,53,56-67H2,1-3H3/b10-7-,12-9-,19-16-,20-17-,21-18-,28-25-,29-26-,30-27-,34-33-,38-36-,41-37-,45-42-,46-43-,54-51-,55-52-. The second-order valence-corrected chi connectivity index (χ2v) is 19.1. The van der Waals surface area contributed by atoms with Gasteiger partial charge in [0.25, 0.3) is 0 Å². The topological polar surface area (TPSA) is 78.9 Å². The zero-order valence-corrected chi connectivity index (χ0v) is 48.9. The molecule has 0 aliphatic heterocycles. The number of hydrogen-bond acceptors (Lipinski definition) is 6. The van der Waals surface area contributed by atoms with Crippen LogP contribution < -0.4 is 0 Å². The summed E-state index contributed by atoms with van der Waals surface area (Å²) in [6.07, 6.45) is 94.6. The molecule has 1 atom stereocenters. The molecule has 0 aliphatic carbocycles. The molecule has 0 saturated heterocycles. The summed E-state index contributed by atoms with van der Waals surface area (Å²) in [5.41, 5.74) is 0. The lowest BCUT2D eigenvalue weighted by Gasteiger charge is -2.18. The molecule has 0 N–H and O–H groups in total. The summed E-state index contributed by atoms with van der Waals surface area (Å²) in [5, 5.41) is 0. The third-order valence-corrected chi connectivity index (χ3v) is 11.9. The molecular formula is C71H108O6. The fourth-order valence-electron chi connectivity index (χ4n) is 7.41. The summed E-state index contributed by atoms with van der Waals surface area (Å²) >= 11 is 0. The van der Waals surface area contributed by atoms with Gasteiger partial charge in [0.05, 0.1) is 0 Å². The summed E-state index contributed by atoms with van der Waals surface area (Å²) in [4.78, 5) is 38.2. The first-order chi connectivity index (χ1) is 38.0. The van der Waals surface area contributed by atoms with Crippen LogP contribution in [-0.4, -0.2) is 37.2 Å². The van der Waals surface area contributed by atoms with E-state index in [2.05, 4.69) is 203 Å². The van der Waals surface area contributed by atoms with Crippen molar-refractivity contribution >= 4 is 17.9 Å². The molecule has 0 aromatic heterocycles. The number of ether oxygens (including phenoxy) is 3. The van der Waals surface area contributed by atoms with Gasteiger partial charge in [0, 0.05) is 19.3 Å². The monoisotopic (exact) mass is 1060 g/mol. The molecule has 0 aliphatic rings. The van der Waals surface area contributed by atoms with Gasteiger partial charge in [-0.05, 0) is 148 Å². The van der Waals surface area contributed by atoms with Gasteiger partial charge in [0.2, 0.25) is 0 Å². The highest BCUT2D eigenvalue weighted by Gasteiger charge is 2.19. The van der Waals surface area contributed by atoms with Crippen LogP contribution in [0.25, 0.3) is 0 Å². The number of esters is 3. The molecule has 6 heteroatoms. The van der Waals surface area contributed by atoms with Crippen LogP contribution in [0.1, 0.15) is 226 Å². The Morgan fingerprint density at radius 1 is 0.273 bits per heavy atom. The molecule has 0 rings (SSSR count). The van der Waals surface area contributed by atoms with E-state index in [-0.39, 0.29) is 50.4 Å². The smallest absolute Gasteiger partial charge is 0.306 e. The first-order valence-corrected chi connectivity index (χ1v) is 30.3. The van der Waals surface area contributed by atoms with Crippen LogP contribution in [0.4, 0.5) is 0 Å². The Hall–Kier alpha value is -5.49. The van der Waals surface area contributed by atoms with Gasteiger partial charge in [0.1, 0.15) is 13.2 Å². The first-order valence-electron chi connectivity index (χ1n) is 30.3. The van der Waals surface area contributed by atoms with Crippen molar-refractivity contribution in [3.8, 4) is 0 Å². The average molecular weight is 1060 g/mol. The quantitative estimate of drug-likeness (QED) is 0.0261. The van der Waals surface area contributed by atoms with Gasteiger partial charge in [0.15, 0.2) is 6.10 Å². The van der Waals surface area contributed by atoms with Gasteiger partial charge in [-0.3, -0.25) is 14.4 Å². The molecule has 0 aromatic rings. The maximum absolute atomic E-state index is 12.9. The fraction of sp³-hybridized carbons (Fsp3) is 0.535. The average Bonchev–Trinajstić information content (AvgIpc) is 3.43. The fourth-order valence-corrected chi connectivity index (χ4v) is 7.41. The Balaban J connectivity index is 4.63. The van der Waals surface area contributed by atoms with E-state index < -0.39 is 6.10 Å². The molecule has 1 unspecified atom stereocenters. The van der Waals surface area contributed by atoms with E-state index in [4.69, 9.17) is 14.2 Å². The van der Waals surface area contributed by atoms with Crippen LogP contribution in [0.15, 0.2) is 182 Å². The van der Waals surface area contributed by atoms with Crippen LogP contribution in [0.5, 0.6) is 0 Å². The summed E-state index contributed by atoms with van der Waals surface area (Å²) in [7, 11) is 0. The van der Waals surface area contributed by atoms with Crippen molar-refractivity contribution in [2.75, 3.05) is 13.2 Å². The van der Waals surface area contributed by atoms with Crippen LogP contribution >= 0.6 is 0 Å². The largest absolute Gasteiger partial charge is 0.462 e. The summed E-state index contributed by atoms with van der Waals surface area (Å²) in [6, 6.07) is 0. The van der Waals surface area contributed by atoms with E-state index in [0.717, 1.165) is 135 Å². The minimum atomic E-state index is -0.844. The van der Waals surface area contributed by atoms with Crippen molar-refractivity contribution in [3.05, 3.63) is 182 Å². The van der Waals surface area contributed by atoms with Crippen LogP contribution in [0.3, 0.4) is 0 Å². The van der Waals surface area contributed by atoms with Crippen molar-refractivity contribution in [1.29, 1.82) is 0 Å². The highest BCUT2D eigenvalue weighted by atomic mass is 16.6. The molecule has 0 saturated carbocycles. The zero-order valence-electron chi connectivity index (χ0n) is 48.9. The van der Waals surface area contributed by atoms with Crippen LogP contribution in [0, 0.1) is 0 Å². The van der Waals surface area contributed by atoms with Gasteiger partial charge >= 0.3 is 17.9 Å². The molecule has 0 fully saturated rings. The van der Waals surface area contributed by atoms with Crippen molar-refractivity contribution in [2.24, 2.45) is 0 Å². The normalized spacial score (nSPS) is 13.4. The highest BCUT2D eigenvalue weighted by molar-refractivity contribution is 5.71. The molecule has 0 amide bonds. The van der Waals surface area contributed by atoms with E-state index in [9.17, 15) is 14.4 Å². The second kappa shape index (κ2) is 63.0. The highest BCUT2D eigenvalue weighted by Crippen LogP contribution is 2.12. The lowest BCUT2D eigenvalue weighted by atomic mass is 10.1. The number of allylic oxidation sites excluding steroid dienone is 30. The number of unbranched alkanes of at least 4 members (excludes halogenated alkanes) is 11. The lowest BCUT2D eigenvalue weighted by Crippen LogP contribution is -2.30. The predicted molar refractivity (Wildman–Crippen MR) is 334 cm³/mol. The summed E-state index contributed by atoms with van der Waals surface area (Å²) in [6.45, 7) is 6.26. The van der Waals surface area contributed by atoms with Gasteiger partial charge in [-0.2, -0.15) is 0 Å². The van der Waals surface area contributed by atoms with E-state index in [1.54, 1.807) is 0 Å². The SMILES string of the molecule is CC/C=C\C/C=C\C/C=C\C/C=C\C/C=C\C/C=C\C/C=C\CCCC(=O)OCC(COC(=O)CCC/C=C\C/C=C\C/C=C\C/C=C\C/C=C\CC)OC(=O)CCCCCCCC/C=C\C/C=C\C/C=C\CCCCC. The van der Waals surface area contributed by atoms with Crippen molar-refractivity contribution < 1.29 is 28.6 Å². The van der Waals surface area contributed by atoms with Crippen molar-refractivity contribution in [2.45, 2.75) is 232 Å². The minimum absolute atomic E-state index is 0.141. The maximum Gasteiger partial charge on any atom is 0.306 e. The van der Waals surface area contributed by atoms with Gasteiger partial charge in [-0.15, -0.1) is 0 Å². The van der Waals surface area contributed by atoms with Crippen molar-refractivity contribution in [3.63, 3.8) is 0 Å². The number of hydrogen-bond donors (Lipinski definition) is 0. The lowest BCUT2D eigenvalue weighted by molar-refractivity contribution is -0.167. The predicted octanol–water partition coefficient (Wildman–Crippen LogP) is 20.9. The molecule has 0 spiro atoms. The zero-order chi connectivity index (χ0) is 55.7. The van der Waals surface area contributed by atoms with E-state index in [0.29, 0.717) is 12.8 Å². The van der Waals surface area contributed by atoms with E-state index in [1.165, 1.54) is 38.5 Å². The van der Waals surface area contributed by atoms with E-state index in [1.807, 2.05) is 0 Å². The maximum atomic E-state index is 12.9. The van der Waals surface area contributed by atoms with Crippen LogP contribution in [-0.2, 0) is 28.6 Å². The Bertz CT molecular complexity index is 1840. The molecule has 77 heavy (non-hydrogen) atoms. The molecule has 0 aromatic carbocycles. The Kier molecular flexibility index (Phi) is 58.6. The minimum Gasteiger partial charge on any atom is -0.462 e. The van der Waals surface area contributed by atoms with E-state index >= 15 is 0 Å². The second-order valence-electron chi connectivity index (χ2n) is 19.1. The molecule has 428 valence electrons. The summed E-state index contributed by atoms with van der Waals surface area (Å²) in [5.74, 6) is -1.08. The van der Waals surface area contributed by atoms with Gasteiger partial charge < -0.3 is 14.2 Å². The molecule has 0 heterocycles. The third-order valence-electron chi connectivity index (χ3n) is 11.9. The van der Waals surface area contributed by atoms with Crippen LogP contribution in [0.2, 0.25) is 0 Å². The Labute approximate surface area is 472 Å². The third kappa shape index (κ3) is 61.2. The molecule has 0 bridgehead atoms.